The van der Waals surface area contributed by atoms with E-state index in [4.69, 9.17) is 4.74 Å². The first kappa shape index (κ1) is 11.0. The van der Waals surface area contributed by atoms with Crippen LogP contribution in [-0.4, -0.2) is 35.2 Å². The lowest BCUT2D eigenvalue weighted by Crippen LogP contribution is -2.57. The van der Waals surface area contributed by atoms with Gasteiger partial charge in [-0.05, 0) is 46.0 Å². The van der Waals surface area contributed by atoms with Crippen LogP contribution in [0.4, 0.5) is 0 Å². The highest BCUT2D eigenvalue weighted by atomic mass is 16.5. The molecule has 0 aliphatic carbocycles. The highest BCUT2D eigenvalue weighted by Gasteiger charge is 2.58. The van der Waals surface area contributed by atoms with Gasteiger partial charge in [-0.25, -0.2) is 0 Å². The van der Waals surface area contributed by atoms with Gasteiger partial charge in [0, 0.05) is 24.5 Å². The van der Waals surface area contributed by atoms with Gasteiger partial charge in [-0.2, -0.15) is 0 Å². The Bertz CT molecular complexity index is 278. The van der Waals surface area contributed by atoms with Gasteiger partial charge < -0.3 is 4.74 Å². The van der Waals surface area contributed by atoms with Gasteiger partial charge in [0.05, 0.1) is 11.7 Å². The maximum absolute atomic E-state index is 6.30. The summed E-state index contributed by atoms with van der Waals surface area (Å²) in [5, 5.41) is 0. The van der Waals surface area contributed by atoms with Crippen molar-refractivity contribution in [1.82, 2.24) is 4.90 Å². The molecule has 0 aromatic carbocycles. The minimum atomic E-state index is 0.302. The summed E-state index contributed by atoms with van der Waals surface area (Å²) >= 11 is 0. The van der Waals surface area contributed by atoms with Crippen LogP contribution in [0, 0.1) is 5.92 Å². The molecule has 4 atom stereocenters. The number of piperidine rings is 1. The van der Waals surface area contributed by atoms with Crippen molar-refractivity contribution >= 4 is 0 Å². The summed E-state index contributed by atoms with van der Waals surface area (Å²) in [5.41, 5.74) is 0.302. The van der Waals surface area contributed by atoms with Crippen LogP contribution < -0.4 is 0 Å². The Morgan fingerprint density at radius 2 is 2.19 bits per heavy atom. The van der Waals surface area contributed by atoms with Crippen molar-refractivity contribution in [2.45, 2.75) is 76.7 Å². The van der Waals surface area contributed by atoms with Gasteiger partial charge in [0.25, 0.3) is 0 Å². The summed E-state index contributed by atoms with van der Waals surface area (Å²) in [4.78, 5) is 2.72. The number of fused-ring (bicyclic) bond motifs is 1. The van der Waals surface area contributed by atoms with Gasteiger partial charge in [0.1, 0.15) is 0 Å². The highest BCUT2D eigenvalue weighted by molar-refractivity contribution is 5.09. The second-order valence-electron chi connectivity index (χ2n) is 6.24. The Labute approximate surface area is 99.3 Å². The number of hydrogen-bond acceptors (Lipinski definition) is 2. The minimum Gasteiger partial charge on any atom is -0.371 e. The van der Waals surface area contributed by atoms with E-state index >= 15 is 0 Å². The van der Waals surface area contributed by atoms with E-state index in [1.807, 2.05) is 0 Å². The van der Waals surface area contributed by atoms with Gasteiger partial charge in [0.15, 0.2) is 0 Å². The summed E-state index contributed by atoms with van der Waals surface area (Å²) in [5.74, 6) is 0.826. The lowest BCUT2D eigenvalue weighted by Gasteiger charge is -2.50. The smallest absolute Gasteiger partial charge is 0.0743 e. The molecule has 3 saturated heterocycles. The highest BCUT2D eigenvalue weighted by Crippen LogP contribution is 2.54. The van der Waals surface area contributed by atoms with E-state index in [9.17, 15) is 0 Å². The molecule has 0 aromatic heterocycles. The summed E-state index contributed by atoms with van der Waals surface area (Å²) in [7, 11) is 0. The molecule has 3 aliphatic heterocycles. The SMILES string of the molecule is CCC1C2CC3CCC2(CCN1C(C)C)O3. The number of ether oxygens (including phenoxy) is 1. The third kappa shape index (κ3) is 1.39. The molecular formula is C14H25NO. The molecule has 0 N–H and O–H groups in total. The van der Waals surface area contributed by atoms with Gasteiger partial charge in [-0.15, -0.1) is 0 Å². The maximum Gasteiger partial charge on any atom is 0.0743 e. The van der Waals surface area contributed by atoms with E-state index < -0.39 is 0 Å². The van der Waals surface area contributed by atoms with E-state index in [1.54, 1.807) is 0 Å². The van der Waals surface area contributed by atoms with E-state index in [0.717, 1.165) is 12.0 Å². The molecule has 92 valence electrons. The van der Waals surface area contributed by atoms with Crippen molar-refractivity contribution in [3.8, 4) is 0 Å². The zero-order chi connectivity index (χ0) is 11.3. The van der Waals surface area contributed by atoms with E-state index in [1.165, 1.54) is 38.6 Å². The summed E-state index contributed by atoms with van der Waals surface area (Å²) in [6.07, 6.45) is 7.18. The predicted molar refractivity (Wildman–Crippen MR) is 65.5 cm³/mol. The Kier molecular flexibility index (Phi) is 2.56. The van der Waals surface area contributed by atoms with Crippen LogP contribution in [0.5, 0.6) is 0 Å². The molecule has 0 aromatic rings. The number of rotatable bonds is 2. The van der Waals surface area contributed by atoms with Crippen molar-refractivity contribution in [2.24, 2.45) is 5.92 Å². The fourth-order valence-corrected chi connectivity index (χ4v) is 4.54. The molecule has 0 saturated carbocycles. The lowest BCUT2D eigenvalue weighted by atomic mass is 9.69. The molecular weight excluding hydrogens is 198 g/mol. The normalized spacial score (nSPS) is 47.6. The second-order valence-corrected chi connectivity index (χ2v) is 6.24. The molecule has 4 unspecified atom stereocenters. The maximum atomic E-state index is 6.30. The Balaban J connectivity index is 1.85. The number of nitrogens with zero attached hydrogens (tertiary/aromatic N) is 1. The van der Waals surface area contributed by atoms with Crippen LogP contribution in [-0.2, 0) is 4.74 Å². The first-order chi connectivity index (χ1) is 7.66. The molecule has 2 bridgehead atoms. The van der Waals surface area contributed by atoms with E-state index in [-0.39, 0.29) is 0 Å². The molecule has 3 heterocycles. The van der Waals surface area contributed by atoms with Gasteiger partial charge in [-0.1, -0.05) is 6.92 Å². The molecule has 2 heteroatoms. The zero-order valence-corrected chi connectivity index (χ0v) is 10.9. The summed E-state index contributed by atoms with van der Waals surface area (Å²) < 4.78 is 6.30. The number of likely N-dealkylation sites (tertiary alicyclic amines) is 1. The van der Waals surface area contributed by atoms with Gasteiger partial charge in [0.2, 0.25) is 0 Å². The predicted octanol–water partition coefficient (Wildman–Crippen LogP) is 2.82. The van der Waals surface area contributed by atoms with Crippen LogP contribution in [0.15, 0.2) is 0 Å². The average molecular weight is 223 g/mol. The zero-order valence-electron chi connectivity index (χ0n) is 10.9. The van der Waals surface area contributed by atoms with Crippen LogP contribution in [0.1, 0.15) is 52.9 Å². The largest absolute Gasteiger partial charge is 0.371 e. The quantitative estimate of drug-likeness (QED) is 0.714. The van der Waals surface area contributed by atoms with Gasteiger partial charge >= 0.3 is 0 Å². The minimum absolute atomic E-state index is 0.302. The molecule has 0 radical (unpaired) electrons. The van der Waals surface area contributed by atoms with E-state index in [0.29, 0.717) is 17.7 Å². The lowest BCUT2D eigenvalue weighted by molar-refractivity contribution is -0.0824. The Hall–Kier alpha value is -0.0800. The van der Waals surface area contributed by atoms with Crippen LogP contribution in [0.2, 0.25) is 0 Å². The van der Waals surface area contributed by atoms with Crippen molar-refractivity contribution in [3.05, 3.63) is 0 Å². The van der Waals surface area contributed by atoms with Crippen LogP contribution in [0.25, 0.3) is 0 Å². The molecule has 0 amide bonds. The van der Waals surface area contributed by atoms with Crippen LogP contribution >= 0.6 is 0 Å². The monoisotopic (exact) mass is 223 g/mol. The van der Waals surface area contributed by atoms with Gasteiger partial charge in [-0.3, -0.25) is 4.90 Å². The van der Waals surface area contributed by atoms with Crippen LogP contribution in [0.3, 0.4) is 0 Å². The number of hydrogen-bond donors (Lipinski definition) is 0. The first-order valence-corrected chi connectivity index (χ1v) is 7.10. The fraction of sp³-hybridized carbons (Fsp3) is 1.00. The molecule has 3 rings (SSSR count). The molecule has 3 fully saturated rings. The molecule has 1 spiro atoms. The first-order valence-electron chi connectivity index (χ1n) is 7.10. The average Bonchev–Trinajstić information content (AvgIpc) is 2.82. The van der Waals surface area contributed by atoms with Crippen molar-refractivity contribution < 1.29 is 4.74 Å². The van der Waals surface area contributed by atoms with E-state index in [2.05, 4.69) is 25.7 Å². The second kappa shape index (κ2) is 3.71. The fourth-order valence-electron chi connectivity index (χ4n) is 4.54. The molecule has 3 aliphatic rings. The third-order valence-corrected chi connectivity index (χ3v) is 5.25. The summed E-state index contributed by atoms with van der Waals surface area (Å²) in [6, 6.07) is 1.47. The molecule has 16 heavy (non-hydrogen) atoms. The van der Waals surface area contributed by atoms with Crippen molar-refractivity contribution in [1.29, 1.82) is 0 Å². The van der Waals surface area contributed by atoms with Crippen molar-refractivity contribution in [2.75, 3.05) is 6.54 Å². The third-order valence-electron chi connectivity index (χ3n) is 5.25. The summed E-state index contributed by atoms with van der Waals surface area (Å²) in [6.45, 7) is 8.29. The molecule has 2 nitrogen and oxygen atoms in total. The Morgan fingerprint density at radius 3 is 2.81 bits per heavy atom. The Morgan fingerprint density at radius 1 is 1.38 bits per heavy atom. The standard InChI is InChI=1S/C14H25NO/c1-4-13-12-9-11-5-6-14(12,16-11)7-8-15(13)10(2)3/h10-13H,4-9H2,1-3H3. The topological polar surface area (TPSA) is 12.5 Å². The van der Waals surface area contributed by atoms with Crippen molar-refractivity contribution in [3.63, 3.8) is 0 Å².